The van der Waals surface area contributed by atoms with Crippen LogP contribution in [0.5, 0.6) is 0 Å². The van der Waals surface area contributed by atoms with Crippen LogP contribution in [0, 0.1) is 5.92 Å². The quantitative estimate of drug-likeness (QED) is 0.596. The average Bonchev–Trinajstić information content (AvgIpc) is 2.90. The molecule has 7 heteroatoms. The van der Waals surface area contributed by atoms with Crippen molar-refractivity contribution < 1.29 is 19.4 Å². The molecular weight excluding hydrogens is 296 g/mol. The van der Waals surface area contributed by atoms with Crippen molar-refractivity contribution in [2.75, 3.05) is 46.5 Å². The maximum atomic E-state index is 12.0. The number of amides is 1. The lowest BCUT2D eigenvalue weighted by atomic mass is 10.1. The largest absolute Gasteiger partial charge is 0.389 e. The van der Waals surface area contributed by atoms with Crippen LogP contribution in [0.4, 0.5) is 0 Å². The van der Waals surface area contributed by atoms with E-state index >= 15 is 0 Å². The molecule has 1 amide bonds. The Labute approximate surface area is 133 Å². The number of halogens is 1. The Morgan fingerprint density at radius 2 is 2.14 bits per heavy atom. The SMILES string of the molecule is CC(C)OCCOCC(O)CN(C)C(=O)C1CCNC1.Cl. The van der Waals surface area contributed by atoms with Gasteiger partial charge >= 0.3 is 0 Å². The van der Waals surface area contributed by atoms with Gasteiger partial charge < -0.3 is 24.8 Å². The summed E-state index contributed by atoms with van der Waals surface area (Å²) in [5.74, 6) is 0.143. The molecule has 1 fully saturated rings. The van der Waals surface area contributed by atoms with E-state index in [2.05, 4.69) is 5.32 Å². The molecular formula is C14H29ClN2O4. The van der Waals surface area contributed by atoms with Crippen molar-refractivity contribution in [2.45, 2.75) is 32.5 Å². The number of aliphatic hydroxyl groups excluding tert-OH is 1. The zero-order valence-electron chi connectivity index (χ0n) is 13.2. The number of ether oxygens (including phenoxy) is 2. The molecule has 0 aromatic carbocycles. The fourth-order valence-corrected chi connectivity index (χ4v) is 2.20. The minimum Gasteiger partial charge on any atom is -0.389 e. The summed E-state index contributed by atoms with van der Waals surface area (Å²) in [6, 6.07) is 0. The molecule has 0 spiro atoms. The lowest BCUT2D eigenvalue weighted by molar-refractivity contribution is -0.135. The van der Waals surface area contributed by atoms with Gasteiger partial charge in [-0.05, 0) is 26.8 Å². The van der Waals surface area contributed by atoms with E-state index in [1.165, 1.54) is 0 Å². The Morgan fingerprint density at radius 1 is 1.43 bits per heavy atom. The van der Waals surface area contributed by atoms with Gasteiger partial charge in [0.1, 0.15) is 0 Å². The van der Waals surface area contributed by atoms with Crippen molar-refractivity contribution in [3.05, 3.63) is 0 Å². The molecule has 21 heavy (non-hydrogen) atoms. The fraction of sp³-hybridized carbons (Fsp3) is 0.929. The highest BCUT2D eigenvalue weighted by Crippen LogP contribution is 2.10. The second kappa shape index (κ2) is 11.2. The van der Waals surface area contributed by atoms with Crippen molar-refractivity contribution in [3.8, 4) is 0 Å². The molecule has 126 valence electrons. The fourth-order valence-electron chi connectivity index (χ4n) is 2.20. The first-order chi connectivity index (χ1) is 9.50. The lowest BCUT2D eigenvalue weighted by Crippen LogP contribution is -2.40. The smallest absolute Gasteiger partial charge is 0.226 e. The molecule has 1 heterocycles. The lowest BCUT2D eigenvalue weighted by Gasteiger charge is -2.23. The van der Waals surface area contributed by atoms with Gasteiger partial charge in [0, 0.05) is 20.1 Å². The van der Waals surface area contributed by atoms with Crippen LogP contribution >= 0.6 is 12.4 Å². The molecule has 0 bridgehead atoms. The molecule has 2 atom stereocenters. The minimum atomic E-state index is -0.655. The number of carbonyl (C=O) groups excluding carboxylic acids is 1. The molecule has 0 aliphatic carbocycles. The molecule has 2 unspecified atom stereocenters. The van der Waals surface area contributed by atoms with Crippen molar-refractivity contribution >= 4 is 18.3 Å². The van der Waals surface area contributed by atoms with Gasteiger partial charge in [-0.2, -0.15) is 0 Å². The zero-order chi connectivity index (χ0) is 15.0. The Kier molecular flexibility index (Phi) is 11.0. The highest BCUT2D eigenvalue weighted by Gasteiger charge is 2.26. The molecule has 2 N–H and O–H groups in total. The molecule has 0 aromatic rings. The second-order valence-electron chi connectivity index (χ2n) is 5.56. The van der Waals surface area contributed by atoms with Gasteiger partial charge in [-0.1, -0.05) is 0 Å². The van der Waals surface area contributed by atoms with Crippen molar-refractivity contribution in [2.24, 2.45) is 5.92 Å². The van der Waals surface area contributed by atoms with Crippen LogP contribution in [0.2, 0.25) is 0 Å². The summed E-state index contributed by atoms with van der Waals surface area (Å²) in [4.78, 5) is 13.6. The number of nitrogens with zero attached hydrogens (tertiary/aromatic N) is 1. The summed E-state index contributed by atoms with van der Waals surface area (Å²) in [6.45, 7) is 7.07. The van der Waals surface area contributed by atoms with E-state index in [4.69, 9.17) is 9.47 Å². The Balaban J connectivity index is 0.00000400. The molecule has 1 aliphatic rings. The Morgan fingerprint density at radius 3 is 2.71 bits per heavy atom. The highest BCUT2D eigenvalue weighted by molar-refractivity contribution is 5.85. The summed E-state index contributed by atoms with van der Waals surface area (Å²) in [5.41, 5.74) is 0. The van der Waals surface area contributed by atoms with Crippen LogP contribution in [-0.2, 0) is 14.3 Å². The van der Waals surface area contributed by atoms with Gasteiger partial charge in [0.25, 0.3) is 0 Å². The Hall–Kier alpha value is -0.400. The number of hydrogen-bond acceptors (Lipinski definition) is 5. The minimum absolute atomic E-state index is 0. The van der Waals surface area contributed by atoms with Crippen LogP contribution in [0.15, 0.2) is 0 Å². The summed E-state index contributed by atoms with van der Waals surface area (Å²) < 4.78 is 10.7. The highest BCUT2D eigenvalue weighted by atomic mass is 35.5. The predicted molar refractivity (Wildman–Crippen MR) is 83.8 cm³/mol. The summed E-state index contributed by atoms with van der Waals surface area (Å²) in [5, 5.41) is 13.0. The number of nitrogens with one attached hydrogen (secondary N) is 1. The molecule has 0 radical (unpaired) electrons. The van der Waals surface area contributed by atoms with Crippen molar-refractivity contribution in [1.82, 2.24) is 10.2 Å². The number of aliphatic hydroxyl groups is 1. The number of likely N-dealkylation sites (N-methyl/N-ethyl adjacent to an activating group) is 1. The number of carbonyl (C=O) groups is 1. The van der Waals surface area contributed by atoms with E-state index in [9.17, 15) is 9.90 Å². The van der Waals surface area contributed by atoms with E-state index in [1.54, 1.807) is 11.9 Å². The molecule has 6 nitrogen and oxygen atoms in total. The van der Waals surface area contributed by atoms with Crippen LogP contribution in [0.1, 0.15) is 20.3 Å². The van der Waals surface area contributed by atoms with Gasteiger partial charge in [-0.3, -0.25) is 4.79 Å². The van der Waals surface area contributed by atoms with E-state index in [-0.39, 0.29) is 36.9 Å². The van der Waals surface area contributed by atoms with Gasteiger partial charge in [0.15, 0.2) is 0 Å². The van der Waals surface area contributed by atoms with Gasteiger partial charge in [0.05, 0.1) is 37.9 Å². The third-order valence-electron chi connectivity index (χ3n) is 3.26. The van der Waals surface area contributed by atoms with Crippen molar-refractivity contribution in [1.29, 1.82) is 0 Å². The maximum Gasteiger partial charge on any atom is 0.226 e. The van der Waals surface area contributed by atoms with Gasteiger partial charge in [-0.15, -0.1) is 12.4 Å². The number of rotatable bonds is 9. The van der Waals surface area contributed by atoms with E-state index in [0.29, 0.717) is 19.8 Å². The summed E-state index contributed by atoms with van der Waals surface area (Å²) in [6.07, 6.45) is 0.409. The monoisotopic (exact) mass is 324 g/mol. The first-order valence-electron chi connectivity index (χ1n) is 7.33. The molecule has 1 aliphatic heterocycles. The zero-order valence-corrected chi connectivity index (χ0v) is 14.0. The summed E-state index contributed by atoms with van der Waals surface area (Å²) in [7, 11) is 1.73. The Bertz CT molecular complexity index is 286. The first-order valence-corrected chi connectivity index (χ1v) is 7.33. The van der Waals surface area contributed by atoms with Crippen LogP contribution in [-0.4, -0.2) is 74.6 Å². The topological polar surface area (TPSA) is 71.0 Å². The van der Waals surface area contributed by atoms with Crippen molar-refractivity contribution in [3.63, 3.8) is 0 Å². The first kappa shape index (κ1) is 20.6. The molecule has 0 aromatic heterocycles. The van der Waals surface area contributed by atoms with E-state index < -0.39 is 6.10 Å². The predicted octanol–water partition coefficient (Wildman–Crippen LogP) is 0.279. The third-order valence-corrected chi connectivity index (χ3v) is 3.26. The second-order valence-corrected chi connectivity index (χ2v) is 5.56. The summed E-state index contributed by atoms with van der Waals surface area (Å²) >= 11 is 0. The van der Waals surface area contributed by atoms with Crippen LogP contribution < -0.4 is 5.32 Å². The van der Waals surface area contributed by atoms with E-state index in [1.807, 2.05) is 13.8 Å². The third kappa shape index (κ3) is 8.58. The van der Waals surface area contributed by atoms with Gasteiger partial charge in [0.2, 0.25) is 5.91 Å². The maximum absolute atomic E-state index is 12.0. The van der Waals surface area contributed by atoms with Crippen LogP contribution in [0.3, 0.4) is 0 Å². The average molecular weight is 325 g/mol. The van der Waals surface area contributed by atoms with Crippen LogP contribution in [0.25, 0.3) is 0 Å². The normalized spacial score (nSPS) is 19.4. The molecule has 1 rings (SSSR count). The van der Waals surface area contributed by atoms with Gasteiger partial charge in [-0.25, -0.2) is 0 Å². The molecule has 0 saturated carbocycles. The number of hydrogen-bond donors (Lipinski definition) is 2. The van der Waals surface area contributed by atoms with E-state index in [0.717, 1.165) is 19.5 Å². The molecule has 1 saturated heterocycles. The standard InChI is InChI=1S/C14H28N2O4.ClH/c1-11(2)20-7-6-19-10-13(17)9-16(3)14(18)12-4-5-15-8-12;/h11-13,15,17H,4-10H2,1-3H3;1H.